The van der Waals surface area contributed by atoms with Crippen LogP contribution >= 0.6 is 8.25 Å². The molecule has 1 saturated heterocycles. The molecule has 190 valence electrons. The zero-order valence-electron chi connectivity index (χ0n) is 20.2. The van der Waals surface area contributed by atoms with Gasteiger partial charge in [0.1, 0.15) is 24.0 Å². The summed E-state index contributed by atoms with van der Waals surface area (Å²) in [6, 6.07) is 18.4. The molecule has 0 saturated carbocycles. The van der Waals surface area contributed by atoms with Gasteiger partial charge >= 0.3 is 13.9 Å². The van der Waals surface area contributed by atoms with Crippen molar-refractivity contribution >= 4 is 40.6 Å². The van der Waals surface area contributed by atoms with Gasteiger partial charge in [0.15, 0.2) is 0 Å². The highest BCUT2D eigenvalue weighted by Crippen LogP contribution is 2.37. The molecule has 4 atom stereocenters. The molecule has 1 aromatic heterocycles. The van der Waals surface area contributed by atoms with E-state index >= 15 is 0 Å². The van der Waals surface area contributed by atoms with E-state index in [0.29, 0.717) is 0 Å². The van der Waals surface area contributed by atoms with Crippen molar-refractivity contribution in [1.29, 1.82) is 0 Å². The third kappa shape index (κ3) is 4.19. The lowest BCUT2D eigenvalue weighted by molar-refractivity contribution is -0.0426. The number of rotatable bonds is 5. The fraction of sp³-hybridized carbons (Fsp3) is 0.214. The zero-order valence-corrected chi connectivity index (χ0v) is 21.1. The average molecular weight is 529 g/mol. The lowest BCUT2D eigenvalue weighted by Gasteiger charge is -2.14. The van der Waals surface area contributed by atoms with Crippen molar-refractivity contribution in [2.45, 2.75) is 24.9 Å². The Bertz CT molecular complexity index is 1870. The Hall–Kier alpha value is -3.90. The summed E-state index contributed by atoms with van der Waals surface area (Å²) in [5, 5.41) is 16.3. The maximum Gasteiger partial charge on any atom is 0.697 e. The minimum Gasteiger partial charge on any atom is -0.394 e. The van der Waals surface area contributed by atoms with Gasteiger partial charge < -0.3 is 9.84 Å². The van der Waals surface area contributed by atoms with Crippen LogP contribution in [0.4, 0.5) is 0 Å². The van der Waals surface area contributed by atoms with E-state index in [9.17, 15) is 19.3 Å². The summed E-state index contributed by atoms with van der Waals surface area (Å²) in [5.41, 5.74) is -0.487. The van der Waals surface area contributed by atoms with E-state index in [0.717, 1.165) is 32.5 Å². The van der Waals surface area contributed by atoms with Crippen LogP contribution in [0.3, 0.4) is 0 Å². The van der Waals surface area contributed by atoms with E-state index in [1.165, 1.54) is 23.3 Å². The van der Waals surface area contributed by atoms with Gasteiger partial charge in [-0.05, 0) is 38.4 Å². The van der Waals surface area contributed by atoms with Crippen molar-refractivity contribution in [3.05, 3.63) is 92.8 Å². The molecule has 5 aromatic rings. The number of benzene rings is 4. The molecular formula is C28H22N2O7P+. The minimum absolute atomic E-state index is 0.0757. The predicted molar refractivity (Wildman–Crippen MR) is 143 cm³/mol. The summed E-state index contributed by atoms with van der Waals surface area (Å²) in [7, 11) is -1.17. The third-order valence-corrected chi connectivity index (χ3v) is 7.61. The van der Waals surface area contributed by atoms with E-state index < -0.39 is 44.5 Å². The summed E-state index contributed by atoms with van der Waals surface area (Å²) in [6.45, 7) is -0.409. The first-order valence-corrected chi connectivity index (χ1v) is 13.0. The van der Waals surface area contributed by atoms with E-state index in [1.807, 2.05) is 24.3 Å². The largest absolute Gasteiger partial charge is 0.697 e. The molecule has 38 heavy (non-hydrogen) atoms. The predicted octanol–water partition coefficient (Wildman–Crippen LogP) is 3.80. The average Bonchev–Trinajstić information content (AvgIpc) is 3.33. The number of aromatic amines is 1. The first kappa shape index (κ1) is 24.4. The Morgan fingerprint density at radius 2 is 1.71 bits per heavy atom. The fourth-order valence-electron chi connectivity index (χ4n) is 5.07. The highest BCUT2D eigenvalue weighted by atomic mass is 31.1. The van der Waals surface area contributed by atoms with Gasteiger partial charge in [0.05, 0.1) is 13.7 Å². The molecule has 2 heterocycles. The van der Waals surface area contributed by atoms with Crippen LogP contribution in [0, 0.1) is 11.8 Å². The second kappa shape index (κ2) is 9.76. The number of ether oxygens (including phenoxy) is 1. The molecule has 0 aliphatic carbocycles. The van der Waals surface area contributed by atoms with Crippen LogP contribution in [-0.2, 0) is 18.3 Å². The first-order chi connectivity index (χ1) is 18.5. The zero-order chi connectivity index (χ0) is 26.4. The molecule has 1 unspecified atom stereocenters. The highest BCUT2D eigenvalue weighted by Gasteiger charge is 2.43. The summed E-state index contributed by atoms with van der Waals surface area (Å²) in [4.78, 5) is 27.5. The van der Waals surface area contributed by atoms with Gasteiger partial charge in [-0.3, -0.25) is 14.3 Å². The molecular weight excluding hydrogens is 507 g/mol. The molecule has 1 fully saturated rings. The third-order valence-electron chi connectivity index (χ3n) is 6.87. The van der Waals surface area contributed by atoms with Crippen LogP contribution < -0.4 is 11.2 Å². The summed E-state index contributed by atoms with van der Waals surface area (Å²) < 4.78 is 28.6. The molecule has 4 aromatic carbocycles. The Morgan fingerprint density at radius 1 is 1.03 bits per heavy atom. The van der Waals surface area contributed by atoms with Crippen molar-refractivity contribution in [2.75, 3.05) is 13.7 Å². The second-order valence-corrected chi connectivity index (χ2v) is 10.0. The number of hydrogen-bond donors (Lipinski definition) is 2. The van der Waals surface area contributed by atoms with E-state index in [4.69, 9.17) is 9.26 Å². The van der Waals surface area contributed by atoms with Crippen LogP contribution in [0.5, 0.6) is 0 Å². The number of aliphatic hydroxyl groups excluding tert-OH is 1. The molecule has 1 aliphatic heterocycles. The quantitative estimate of drug-likeness (QED) is 0.202. The molecule has 6 rings (SSSR count). The smallest absolute Gasteiger partial charge is 0.394 e. The van der Waals surface area contributed by atoms with Crippen LogP contribution in [0.2, 0.25) is 0 Å². The van der Waals surface area contributed by atoms with E-state index in [-0.39, 0.29) is 12.0 Å². The second-order valence-electron chi connectivity index (χ2n) is 9.03. The van der Waals surface area contributed by atoms with E-state index in [2.05, 4.69) is 51.7 Å². The number of aliphatic hydroxyl groups is 1. The number of H-pyrrole nitrogens is 1. The lowest BCUT2D eigenvalue weighted by Crippen LogP contribution is -2.33. The van der Waals surface area contributed by atoms with Crippen molar-refractivity contribution in [1.82, 2.24) is 9.55 Å². The molecule has 10 heteroatoms. The summed E-state index contributed by atoms with van der Waals surface area (Å²) in [5.74, 6) is 6.03. The molecule has 0 spiro atoms. The summed E-state index contributed by atoms with van der Waals surface area (Å²) >= 11 is 0. The van der Waals surface area contributed by atoms with Gasteiger partial charge in [-0.1, -0.05) is 60.4 Å². The van der Waals surface area contributed by atoms with Crippen molar-refractivity contribution in [3.8, 4) is 11.8 Å². The Kier molecular flexibility index (Phi) is 6.28. The highest BCUT2D eigenvalue weighted by molar-refractivity contribution is 7.33. The molecule has 1 aliphatic rings. The first-order valence-electron chi connectivity index (χ1n) is 12.0. The van der Waals surface area contributed by atoms with Crippen molar-refractivity contribution < 1.29 is 23.5 Å². The Morgan fingerprint density at radius 3 is 2.45 bits per heavy atom. The number of nitrogens with one attached hydrogen (secondary N) is 1. The van der Waals surface area contributed by atoms with Crippen molar-refractivity contribution in [3.63, 3.8) is 0 Å². The summed E-state index contributed by atoms with van der Waals surface area (Å²) in [6.07, 6.45) is -0.999. The van der Waals surface area contributed by atoms with Gasteiger partial charge in [-0.15, -0.1) is 9.05 Å². The SMILES string of the molecule is CO[P+](=O)O[C@@H]1C[C@H](n2cc(C#Cc3ccc4ccc5cccc6ccc3c4c56)c(=O)[nH]c2=O)O[C@@H]1CO. The minimum atomic E-state index is -2.40. The number of aromatic nitrogens is 2. The normalized spacial score (nSPS) is 19.7. The standard InChI is InChI=1S/C28H21N2O7P/c1-35-38(34)37-22-13-24(36-23(22)15-31)30-14-20(27(32)29-28(30)33)10-6-16-5-7-19-9-8-17-3-2-4-18-11-12-21(16)26(19)25(17)18/h2-5,7-9,11-12,14,22-24,31H,13,15H2,1H3/p+1/t22-,23-,24-/m1/s1. The molecule has 0 amide bonds. The van der Waals surface area contributed by atoms with Crippen LogP contribution in [0.15, 0.2) is 70.4 Å². The number of nitrogens with zero attached hydrogens (tertiary/aromatic N) is 1. The van der Waals surface area contributed by atoms with Crippen LogP contribution in [-0.4, -0.2) is 40.6 Å². The number of hydrogen-bond acceptors (Lipinski definition) is 7. The van der Waals surface area contributed by atoms with Crippen LogP contribution in [0.25, 0.3) is 32.3 Å². The maximum absolute atomic E-state index is 12.6. The van der Waals surface area contributed by atoms with Gasteiger partial charge in [0.2, 0.25) is 0 Å². The monoisotopic (exact) mass is 529 g/mol. The molecule has 0 radical (unpaired) electrons. The van der Waals surface area contributed by atoms with Crippen molar-refractivity contribution in [2.24, 2.45) is 0 Å². The van der Waals surface area contributed by atoms with Gasteiger partial charge in [-0.25, -0.2) is 4.79 Å². The van der Waals surface area contributed by atoms with E-state index in [1.54, 1.807) is 0 Å². The topological polar surface area (TPSA) is 120 Å². The van der Waals surface area contributed by atoms with Gasteiger partial charge in [0.25, 0.3) is 5.56 Å². The van der Waals surface area contributed by atoms with Crippen LogP contribution in [0.1, 0.15) is 23.8 Å². The van der Waals surface area contributed by atoms with Gasteiger partial charge in [0, 0.05) is 22.7 Å². The molecule has 0 bridgehead atoms. The van der Waals surface area contributed by atoms with Gasteiger partial charge in [-0.2, -0.15) is 0 Å². The Labute approximate surface area is 216 Å². The molecule has 9 nitrogen and oxygen atoms in total. The Balaban J connectivity index is 1.39. The lowest BCUT2D eigenvalue weighted by atomic mass is 9.92. The maximum atomic E-state index is 12.6. The fourth-order valence-corrected chi connectivity index (χ4v) is 5.60. The molecule has 2 N–H and O–H groups in total.